The van der Waals surface area contributed by atoms with Gasteiger partial charge in [-0.3, -0.25) is 15.0 Å². The summed E-state index contributed by atoms with van der Waals surface area (Å²) in [4.78, 5) is 23.8. The molecule has 6 heteroatoms. The minimum Gasteiger partial charge on any atom is -0.496 e. The molecule has 0 bridgehead atoms. The second-order valence-electron chi connectivity index (χ2n) is 5.21. The molecule has 1 fully saturated rings. The van der Waals surface area contributed by atoms with Gasteiger partial charge in [0.15, 0.2) is 0 Å². The first-order chi connectivity index (χ1) is 10.2. The van der Waals surface area contributed by atoms with Crippen molar-refractivity contribution in [3.05, 3.63) is 23.8 Å². The van der Waals surface area contributed by atoms with E-state index in [-0.39, 0.29) is 11.8 Å². The minimum absolute atomic E-state index is 0.0350. The predicted octanol–water partition coefficient (Wildman–Crippen LogP) is 1.82. The largest absolute Gasteiger partial charge is 0.496 e. The molecule has 21 heavy (non-hydrogen) atoms. The monoisotopic (exact) mass is 291 g/mol. The molecular weight excluding hydrogens is 270 g/mol. The van der Waals surface area contributed by atoms with Gasteiger partial charge in [-0.05, 0) is 25.0 Å². The lowest BCUT2D eigenvalue weighted by Gasteiger charge is -2.21. The summed E-state index contributed by atoms with van der Waals surface area (Å²) >= 11 is 0. The van der Waals surface area contributed by atoms with Crippen molar-refractivity contribution in [1.29, 1.82) is 0 Å². The molecule has 4 N–H and O–H groups in total. The summed E-state index contributed by atoms with van der Waals surface area (Å²) in [5.41, 5.74) is 3.01. The topological polar surface area (TPSA) is 93.4 Å². The Morgan fingerprint density at radius 1 is 1.24 bits per heavy atom. The molecule has 0 atom stereocenters. The molecule has 1 aromatic rings. The van der Waals surface area contributed by atoms with E-state index in [9.17, 15) is 9.59 Å². The number of nitrogens with one attached hydrogen (secondary N) is 2. The molecule has 0 unspecified atom stereocenters. The molecule has 0 aliphatic heterocycles. The van der Waals surface area contributed by atoms with E-state index < -0.39 is 5.91 Å². The van der Waals surface area contributed by atoms with Gasteiger partial charge in [0.1, 0.15) is 5.75 Å². The van der Waals surface area contributed by atoms with Gasteiger partial charge >= 0.3 is 0 Å². The van der Waals surface area contributed by atoms with E-state index in [1.807, 2.05) is 0 Å². The van der Waals surface area contributed by atoms with Crippen molar-refractivity contribution >= 4 is 17.5 Å². The second kappa shape index (κ2) is 7.08. The van der Waals surface area contributed by atoms with Crippen LogP contribution in [0.25, 0.3) is 0 Å². The van der Waals surface area contributed by atoms with E-state index in [0.29, 0.717) is 17.0 Å². The fraction of sp³-hybridized carbons (Fsp3) is 0.467. The Kier molecular flexibility index (Phi) is 5.16. The Labute approximate surface area is 124 Å². The summed E-state index contributed by atoms with van der Waals surface area (Å²) in [5, 5.41) is 2.89. The molecule has 0 radical (unpaired) electrons. The number of carbonyl (C=O) groups excluding carboxylic acids is 2. The fourth-order valence-electron chi connectivity index (χ4n) is 2.64. The Balaban J connectivity index is 2.09. The van der Waals surface area contributed by atoms with Gasteiger partial charge in [0, 0.05) is 17.7 Å². The lowest BCUT2D eigenvalue weighted by Crippen LogP contribution is -2.30. The SMILES string of the molecule is COc1cc(NC(=O)C2CCCCC2)ccc1C(=O)NN. The van der Waals surface area contributed by atoms with Gasteiger partial charge < -0.3 is 10.1 Å². The van der Waals surface area contributed by atoms with E-state index in [1.54, 1.807) is 18.2 Å². The summed E-state index contributed by atoms with van der Waals surface area (Å²) in [6.45, 7) is 0. The van der Waals surface area contributed by atoms with Crippen LogP contribution in [0.5, 0.6) is 5.75 Å². The van der Waals surface area contributed by atoms with Crippen molar-refractivity contribution < 1.29 is 14.3 Å². The zero-order valence-electron chi connectivity index (χ0n) is 12.1. The average molecular weight is 291 g/mol. The van der Waals surface area contributed by atoms with Crippen molar-refractivity contribution in [1.82, 2.24) is 5.43 Å². The van der Waals surface area contributed by atoms with Gasteiger partial charge in [0.2, 0.25) is 5.91 Å². The quantitative estimate of drug-likeness (QED) is 0.448. The number of rotatable bonds is 4. The highest BCUT2D eigenvalue weighted by Crippen LogP contribution is 2.27. The van der Waals surface area contributed by atoms with Crippen LogP contribution in [-0.2, 0) is 4.79 Å². The molecule has 1 aliphatic carbocycles. The van der Waals surface area contributed by atoms with Crippen molar-refractivity contribution in [2.45, 2.75) is 32.1 Å². The summed E-state index contributed by atoms with van der Waals surface area (Å²) < 4.78 is 5.17. The van der Waals surface area contributed by atoms with Crippen LogP contribution in [0.4, 0.5) is 5.69 Å². The van der Waals surface area contributed by atoms with Gasteiger partial charge in [0.25, 0.3) is 5.91 Å². The molecule has 1 aliphatic rings. The number of amides is 2. The zero-order chi connectivity index (χ0) is 15.2. The van der Waals surface area contributed by atoms with Crippen LogP contribution in [0.2, 0.25) is 0 Å². The molecule has 0 saturated heterocycles. The number of ether oxygens (including phenoxy) is 1. The first kappa shape index (κ1) is 15.3. The number of hydrogen-bond donors (Lipinski definition) is 3. The van der Waals surface area contributed by atoms with E-state index in [2.05, 4.69) is 10.7 Å². The molecule has 1 saturated carbocycles. The minimum atomic E-state index is -0.433. The van der Waals surface area contributed by atoms with E-state index >= 15 is 0 Å². The van der Waals surface area contributed by atoms with Gasteiger partial charge in [0.05, 0.1) is 12.7 Å². The highest BCUT2D eigenvalue weighted by Gasteiger charge is 2.21. The summed E-state index contributed by atoms with van der Waals surface area (Å²) in [6.07, 6.45) is 5.31. The van der Waals surface area contributed by atoms with Crippen LogP contribution >= 0.6 is 0 Å². The van der Waals surface area contributed by atoms with E-state index in [1.165, 1.54) is 13.5 Å². The number of anilines is 1. The smallest absolute Gasteiger partial charge is 0.268 e. The first-order valence-electron chi connectivity index (χ1n) is 7.15. The molecule has 0 aromatic heterocycles. The Morgan fingerprint density at radius 2 is 1.95 bits per heavy atom. The second-order valence-corrected chi connectivity index (χ2v) is 5.21. The maximum Gasteiger partial charge on any atom is 0.268 e. The third-order valence-electron chi connectivity index (χ3n) is 3.82. The number of benzene rings is 1. The number of carbonyl (C=O) groups is 2. The van der Waals surface area contributed by atoms with Gasteiger partial charge in [-0.15, -0.1) is 0 Å². The van der Waals surface area contributed by atoms with E-state index in [0.717, 1.165) is 25.7 Å². The fourth-order valence-corrected chi connectivity index (χ4v) is 2.64. The summed E-state index contributed by atoms with van der Waals surface area (Å²) in [5.74, 6) is 5.18. The Hall–Kier alpha value is -2.08. The van der Waals surface area contributed by atoms with Crippen molar-refractivity contribution in [2.75, 3.05) is 12.4 Å². The molecule has 2 rings (SSSR count). The molecular formula is C15H21N3O3. The standard InChI is InChI=1S/C15H21N3O3/c1-21-13-9-11(7-8-12(13)15(20)18-16)17-14(19)10-5-3-2-4-6-10/h7-10H,2-6,16H2,1H3,(H,17,19)(H,18,20). The molecule has 6 nitrogen and oxygen atoms in total. The highest BCUT2D eigenvalue weighted by atomic mass is 16.5. The molecule has 0 heterocycles. The normalized spacial score (nSPS) is 15.3. The molecule has 2 amide bonds. The van der Waals surface area contributed by atoms with E-state index in [4.69, 9.17) is 10.6 Å². The Bertz CT molecular complexity index is 525. The summed E-state index contributed by atoms with van der Waals surface area (Å²) in [6, 6.07) is 4.89. The molecule has 114 valence electrons. The van der Waals surface area contributed by atoms with Gasteiger partial charge in [-0.25, -0.2) is 5.84 Å². The van der Waals surface area contributed by atoms with Crippen molar-refractivity contribution in [2.24, 2.45) is 11.8 Å². The van der Waals surface area contributed by atoms with Crippen molar-refractivity contribution in [3.63, 3.8) is 0 Å². The number of nitrogens with two attached hydrogens (primary N) is 1. The molecule has 1 aromatic carbocycles. The number of hydrazine groups is 1. The number of hydrogen-bond acceptors (Lipinski definition) is 4. The number of nitrogen functional groups attached to an aromatic ring is 1. The maximum atomic E-state index is 12.2. The average Bonchev–Trinajstić information content (AvgIpc) is 2.54. The lowest BCUT2D eigenvalue weighted by molar-refractivity contribution is -0.120. The zero-order valence-corrected chi connectivity index (χ0v) is 12.1. The van der Waals surface area contributed by atoms with Crippen molar-refractivity contribution in [3.8, 4) is 5.75 Å². The van der Waals surface area contributed by atoms with Crippen LogP contribution in [-0.4, -0.2) is 18.9 Å². The van der Waals surface area contributed by atoms with Gasteiger partial charge in [-0.1, -0.05) is 19.3 Å². The van der Waals surface area contributed by atoms with Crippen LogP contribution < -0.4 is 21.3 Å². The third-order valence-corrected chi connectivity index (χ3v) is 3.82. The molecule has 0 spiro atoms. The van der Waals surface area contributed by atoms with Crippen LogP contribution in [0.3, 0.4) is 0 Å². The van der Waals surface area contributed by atoms with Crippen LogP contribution in [0, 0.1) is 5.92 Å². The predicted molar refractivity (Wildman–Crippen MR) is 79.9 cm³/mol. The summed E-state index contributed by atoms with van der Waals surface area (Å²) in [7, 11) is 1.47. The third kappa shape index (κ3) is 3.72. The highest BCUT2D eigenvalue weighted by molar-refractivity contribution is 5.98. The lowest BCUT2D eigenvalue weighted by atomic mass is 9.88. The van der Waals surface area contributed by atoms with Crippen LogP contribution in [0.1, 0.15) is 42.5 Å². The van der Waals surface area contributed by atoms with Gasteiger partial charge in [-0.2, -0.15) is 0 Å². The Morgan fingerprint density at radius 3 is 2.57 bits per heavy atom. The maximum absolute atomic E-state index is 12.2. The first-order valence-corrected chi connectivity index (χ1v) is 7.15. The van der Waals surface area contributed by atoms with Crippen LogP contribution in [0.15, 0.2) is 18.2 Å². The number of methoxy groups -OCH3 is 1.